The third kappa shape index (κ3) is 3.93. The van der Waals surface area contributed by atoms with Crippen molar-refractivity contribution in [1.82, 2.24) is 5.32 Å². The van der Waals surface area contributed by atoms with E-state index in [0.717, 1.165) is 37.8 Å². The molecule has 0 heterocycles. The molecule has 1 aromatic carbocycles. The molecule has 0 amide bonds. The van der Waals surface area contributed by atoms with Crippen molar-refractivity contribution in [2.45, 2.75) is 52.0 Å². The molecule has 0 spiro atoms. The lowest BCUT2D eigenvalue weighted by Crippen LogP contribution is -2.29. The van der Waals surface area contributed by atoms with Gasteiger partial charge in [0.2, 0.25) is 0 Å². The van der Waals surface area contributed by atoms with E-state index in [4.69, 9.17) is 11.6 Å². The maximum atomic E-state index is 13.8. The molecule has 1 nitrogen and oxygen atoms in total. The number of halogens is 2. The van der Waals surface area contributed by atoms with Gasteiger partial charge < -0.3 is 5.32 Å². The summed E-state index contributed by atoms with van der Waals surface area (Å²) in [4.78, 5) is 0. The lowest BCUT2D eigenvalue weighted by atomic mass is 9.82. The van der Waals surface area contributed by atoms with Crippen molar-refractivity contribution >= 4 is 11.6 Å². The minimum Gasteiger partial charge on any atom is -0.314 e. The van der Waals surface area contributed by atoms with E-state index in [-0.39, 0.29) is 11.2 Å². The van der Waals surface area contributed by atoms with Crippen LogP contribution >= 0.6 is 11.6 Å². The summed E-state index contributed by atoms with van der Waals surface area (Å²) in [5, 5.41) is 4.20. The predicted octanol–water partition coefficient (Wildman–Crippen LogP) is 4.58. The highest BCUT2D eigenvalue weighted by atomic mass is 35.5. The number of nitrogens with one attached hydrogen (secondary N) is 1. The Morgan fingerprint density at radius 2 is 2.26 bits per heavy atom. The van der Waals surface area contributed by atoms with Crippen molar-refractivity contribution in [3.8, 4) is 0 Å². The van der Waals surface area contributed by atoms with Crippen LogP contribution < -0.4 is 5.32 Å². The summed E-state index contributed by atoms with van der Waals surface area (Å²) in [6, 6.07) is 5.45. The third-order valence-corrected chi connectivity index (χ3v) is 4.38. The molecule has 1 aromatic rings. The largest absolute Gasteiger partial charge is 0.314 e. The molecule has 1 aliphatic carbocycles. The molecule has 0 aliphatic heterocycles. The average Bonchev–Trinajstić information content (AvgIpc) is 2.73. The molecule has 0 radical (unpaired) electrons. The van der Waals surface area contributed by atoms with E-state index in [1.165, 1.54) is 12.5 Å². The van der Waals surface area contributed by atoms with Gasteiger partial charge in [-0.25, -0.2) is 4.39 Å². The van der Waals surface area contributed by atoms with Gasteiger partial charge in [-0.3, -0.25) is 0 Å². The van der Waals surface area contributed by atoms with E-state index in [1.54, 1.807) is 12.1 Å². The van der Waals surface area contributed by atoms with Crippen LogP contribution in [0.5, 0.6) is 0 Å². The SMILES string of the molecule is CCCNC1CCC(C)(Cc2cc(Cl)ccc2F)C1. The van der Waals surface area contributed by atoms with E-state index >= 15 is 0 Å². The monoisotopic (exact) mass is 283 g/mol. The van der Waals surface area contributed by atoms with Crippen LogP contribution in [-0.2, 0) is 6.42 Å². The van der Waals surface area contributed by atoms with Crippen LogP contribution in [0.1, 0.15) is 45.1 Å². The molecule has 2 atom stereocenters. The summed E-state index contributed by atoms with van der Waals surface area (Å²) >= 11 is 5.97. The molecule has 1 N–H and O–H groups in total. The Morgan fingerprint density at radius 3 is 3.00 bits per heavy atom. The smallest absolute Gasteiger partial charge is 0.126 e. The maximum absolute atomic E-state index is 13.8. The van der Waals surface area contributed by atoms with E-state index in [9.17, 15) is 4.39 Å². The number of hydrogen-bond donors (Lipinski definition) is 1. The topological polar surface area (TPSA) is 12.0 Å². The van der Waals surface area contributed by atoms with Crippen molar-refractivity contribution in [2.24, 2.45) is 5.41 Å². The standard InChI is InChI=1S/C16H23ClFN/c1-3-8-19-14-6-7-16(2,11-14)10-12-9-13(17)4-5-15(12)18/h4-5,9,14,19H,3,6-8,10-11H2,1-2H3. The van der Waals surface area contributed by atoms with Crippen molar-refractivity contribution in [3.63, 3.8) is 0 Å². The first-order chi connectivity index (χ1) is 9.02. The molecular formula is C16H23ClFN. The minimum atomic E-state index is -0.129. The van der Waals surface area contributed by atoms with Gasteiger partial charge in [-0.2, -0.15) is 0 Å². The number of hydrogen-bond acceptors (Lipinski definition) is 1. The van der Waals surface area contributed by atoms with Crippen molar-refractivity contribution in [2.75, 3.05) is 6.54 Å². The molecule has 0 saturated heterocycles. The molecule has 0 bridgehead atoms. The minimum absolute atomic E-state index is 0.129. The van der Waals surface area contributed by atoms with Gasteiger partial charge in [0, 0.05) is 11.1 Å². The number of rotatable bonds is 5. The Labute approximate surface area is 120 Å². The molecule has 2 rings (SSSR count). The van der Waals surface area contributed by atoms with Crippen LogP contribution in [0.3, 0.4) is 0 Å². The van der Waals surface area contributed by atoms with Crippen LogP contribution in [0.15, 0.2) is 18.2 Å². The van der Waals surface area contributed by atoms with Gasteiger partial charge in [-0.15, -0.1) is 0 Å². The van der Waals surface area contributed by atoms with Crippen LogP contribution in [0.4, 0.5) is 4.39 Å². The molecule has 1 saturated carbocycles. The Morgan fingerprint density at radius 1 is 1.47 bits per heavy atom. The second-order valence-electron chi connectivity index (χ2n) is 6.12. The summed E-state index contributed by atoms with van der Waals surface area (Å²) < 4.78 is 13.8. The van der Waals surface area contributed by atoms with Gasteiger partial charge in [-0.1, -0.05) is 25.4 Å². The first kappa shape index (κ1) is 14.8. The summed E-state index contributed by atoms with van der Waals surface area (Å²) in [5.74, 6) is -0.129. The maximum Gasteiger partial charge on any atom is 0.126 e. The Hall–Kier alpha value is -0.600. The second-order valence-corrected chi connectivity index (χ2v) is 6.55. The Kier molecular flexibility index (Phi) is 4.86. The van der Waals surface area contributed by atoms with Crippen LogP contribution in [0, 0.1) is 11.2 Å². The third-order valence-electron chi connectivity index (χ3n) is 4.14. The Balaban J connectivity index is 2.00. The highest BCUT2D eigenvalue weighted by Crippen LogP contribution is 2.41. The average molecular weight is 284 g/mol. The summed E-state index contributed by atoms with van der Waals surface area (Å²) in [6.45, 7) is 5.52. The van der Waals surface area contributed by atoms with Gasteiger partial charge in [0.25, 0.3) is 0 Å². The van der Waals surface area contributed by atoms with Gasteiger partial charge in [-0.05, 0) is 67.8 Å². The second kappa shape index (κ2) is 6.23. The van der Waals surface area contributed by atoms with Gasteiger partial charge in [0.05, 0.1) is 0 Å². The van der Waals surface area contributed by atoms with Crippen LogP contribution in [0.25, 0.3) is 0 Å². The van der Waals surface area contributed by atoms with Crippen molar-refractivity contribution in [3.05, 3.63) is 34.6 Å². The molecule has 3 heteroatoms. The fourth-order valence-electron chi connectivity index (χ4n) is 3.14. The summed E-state index contributed by atoms with van der Waals surface area (Å²) in [6.07, 6.45) is 5.41. The van der Waals surface area contributed by atoms with E-state index in [0.29, 0.717) is 11.1 Å². The fraction of sp³-hybridized carbons (Fsp3) is 0.625. The molecule has 2 unspecified atom stereocenters. The molecule has 1 aliphatic rings. The van der Waals surface area contributed by atoms with E-state index < -0.39 is 0 Å². The molecule has 0 aromatic heterocycles. The first-order valence-electron chi connectivity index (χ1n) is 7.20. The predicted molar refractivity (Wildman–Crippen MR) is 79.2 cm³/mol. The Bertz CT molecular complexity index is 435. The van der Waals surface area contributed by atoms with Crippen LogP contribution in [-0.4, -0.2) is 12.6 Å². The van der Waals surface area contributed by atoms with Gasteiger partial charge in [0.15, 0.2) is 0 Å². The van der Waals surface area contributed by atoms with Gasteiger partial charge >= 0.3 is 0 Å². The van der Waals surface area contributed by atoms with Crippen molar-refractivity contribution < 1.29 is 4.39 Å². The summed E-state index contributed by atoms with van der Waals surface area (Å²) in [7, 11) is 0. The molecular weight excluding hydrogens is 261 g/mol. The zero-order valence-corrected chi connectivity index (χ0v) is 12.6. The lowest BCUT2D eigenvalue weighted by Gasteiger charge is -2.25. The quantitative estimate of drug-likeness (QED) is 0.834. The summed E-state index contributed by atoms with van der Waals surface area (Å²) in [5.41, 5.74) is 0.947. The lowest BCUT2D eigenvalue weighted by molar-refractivity contribution is 0.317. The number of benzene rings is 1. The molecule has 19 heavy (non-hydrogen) atoms. The highest BCUT2D eigenvalue weighted by molar-refractivity contribution is 6.30. The zero-order chi connectivity index (χ0) is 13.9. The van der Waals surface area contributed by atoms with Crippen LogP contribution in [0.2, 0.25) is 5.02 Å². The fourth-order valence-corrected chi connectivity index (χ4v) is 3.34. The van der Waals surface area contributed by atoms with E-state index in [1.807, 2.05) is 0 Å². The highest BCUT2D eigenvalue weighted by Gasteiger charge is 2.35. The zero-order valence-electron chi connectivity index (χ0n) is 11.8. The normalized spacial score (nSPS) is 26.8. The first-order valence-corrected chi connectivity index (χ1v) is 7.57. The molecule has 106 valence electrons. The van der Waals surface area contributed by atoms with Crippen molar-refractivity contribution in [1.29, 1.82) is 0 Å². The van der Waals surface area contributed by atoms with Gasteiger partial charge in [0.1, 0.15) is 5.82 Å². The molecule has 1 fully saturated rings. The van der Waals surface area contributed by atoms with E-state index in [2.05, 4.69) is 19.2 Å².